The van der Waals surface area contributed by atoms with Crippen LogP contribution in [0.25, 0.3) is 0 Å². The van der Waals surface area contributed by atoms with Crippen LogP contribution in [0.15, 0.2) is 0 Å². The first-order valence-electron chi connectivity index (χ1n) is 7.64. The molecular formula is C15H28N2O2. The van der Waals surface area contributed by atoms with Gasteiger partial charge in [-0.2, -0.15) is 0 Å². The van der Waals surface area contributed by atoms with E-state index in [4.69, 9.17) is 0 Å². The first-order valence-corrected chi connectivity index (χ1v) is 7.64. The Labute approximate surface area is 117 Å². The molecule has 4 nitrogen and oxygen atoms in total. The third kappa shape index (κ3) is 5.21. The lowest BCUT2D eigenvalue weighted by Gasteiger charge is -2.31. The van der Waals surface area contributed by atoms with Crippen LogP contribution in [-0.4, -0.2) is 47.8 Å². The zero-order chi connectivity index (χ0) is 14.3. The molecule has 0 aromatic carbocycles. The summed E-state index contributed by atoms with van der Waals surface area (Å²) < 4.78 is 0. The van der Waals surface area contributed by atoms with Crippen molar-refractivity contribution >= 4 is 11.8 Å². The van der Waals surface area contributed by atoms with Gasteiger partial charge in [-0.15, -0.1) is 0 Å². The van der Waals surface area contributed by atoms with Crippen molar-refractivity contribution in [3.05, 3.63) is 0 Å². The van der Waals surface area contributed by atoms with Crippen LogP contribution >= 0.6 is 0 Å². The Morgan fingerprint density at radius 3 is 2.11 bits per heavy atom. The van der Waals surface area contributed by atoms with Crippen LogP contribution in [0.1, 0.15) is 52.9 Å². The fourth-order valence-corrected chi connectivity index (χ4v) is 2.51. The van der Waals surface area contributed by atoms with E-state index in [-0.39, 0.29) is 18.2 Å². The van der Waals surface area contributed by atoms with Crippen molar-refractivity contribution in [1.29, 1.82) is 0 Å². The van der Waals surface area contributed by atoms with Crippen molar-refractivity contribution in [2.45, 2.75) is 52.9 Å². The summed E-state index contributed by atoms with van der Waals surface area (Å²) in [4.78, 5) is 27.9. The highest BCUT2D eigenvalue weighted by Gasteiger charge is 2.23. The van der Waals surface area contributed by atoms with E-state index in [1.54, 1.807) is 0 Å². The van der Waals surface area contributed by atoms with Crippen molar-refractivity contribution in [2.24, 2.45) is 5.92 Å². The maximum absolute atomic E-state index is 12.1. The number of amides is 2. The number of likely N-dealkylation sites (tertiary alicyclic amines) is 1. The molecule has 19 heavy (non-hydrogen) atoms. The van der Waals surface area contributed by atoms with Crippen molar-refractivity contribution in [1.82, 2.24) is 9.80 Å². The summed E-state index contributed by atoms with van der Waals surface area (Å²) in [6, 6.07) is 0. The predicted octanol–water partition coefficient (Wildman–Crippen LogP) is 2.28. The molecule has 0 aromatic rings. The van der Waals surface area contributed by atoms with Crippen LogP contribution in [-0.2, 0) is 9.59 Å². The van der Waals surface area contributed by atoms with Gasteiger partial charge in [0, 0.05) is 26.2 Å². The third-order valence-electron chi connectivity index (χ3n) is 3.78. The Balaban J connectivity index is 2.43. The largest absolute Gasteiger partial charge is 0.342 e. The van der Waals surface area contributed by atoms with Crippen LogP contribution in [0.2, 0.25) is 0 Å². The zero-order valence-corrected chi connectivity index (χ0v) is 12.7. The fourth-order valence-electron chi connectivity index (χ4n) is 2.51. The number of carbonyl (C=O) groups excluding carboxylic acids is 2. The molecule has 0 spiro atoms. The van der Waals surface area contributed by atoms with Crippen LogP contribution in [0.5, 0.6) is 0 Å². The number of carbonyl (C=O) groups is 2. The maximum Gasteiger partial charge on any atom is 0.232 e. The van der Waals surface area contributed by atoms with Gasteiger partial charge in [0.05, 0.1) is 0 Å². The van der Waals surface area contributed by atoms with Gasteiger partial charge in [0.15, 0.2) is 0 Å². The minimum absolute atomic E-state index is 0.00711. The van der Waals surface area contributed by atoms with Gasteiger partial charge in [0.1, 0.15) is 6.42 Å². The summed E-state index contributed by atoms with van der Waals surface area (Å²) >= 11 is 0. The Morgan fingerprint density at radius 1 is 1.11 bits per heavy atom. The Hall–Kier alpha value is -1.06. The van der Waals surface area contributed by atoms with Gasteiger partial charge in [0.25, 0.3) is 0 Å². The summed E-state index contributed by atoms with van der Waals surface area (Å²) in [6.45, 7) is 9.49. The highest BCUT2D eigenvalue weighted by atomic mass is 16.2. The lowest BCUT2D eigenvalue weighted by Crippen LogP contribution is -2.41. The fraction of sp³-hybridized carbons (Fsp3) is 0.867. The highest BCUT2D eigenvalue weighted by molar-refractivity contribution is 5.96. The van der Waals surface area contributed by atoms with Crippen molar-refractivity contribution in [3.63, 3.8) is 0 Å². The van der Waals surface area contributed by atoms with E-state index >= 15 is 0 Å². The molecule has 0 bridgehead atoms. The molecule has 4 heteroatoms. The summed E-state index contributed by atoms with van der Waals surface area (Å²) in [5.41, 5.74) is 0. The summed E-state index contributed by atoms with van der Waals surface area (Å²) in [5.74, 6) is 0.706. The second kappa shape index (κ2) is 8.18. The molecule has 1 rings (SSSR count). The van der Waals surface area contributed by atoms with Gasteiger partial charge >= 0.3 is 0 Å². The lowest BCUT2D eigenvalue weighted by atomic mass is 9.99. The molecule has 1 fully saturated rings. The number of nitrogens with zero attached hydrogens (tertiary/aromatic N) is 2. The Bertz CT molecular complexity index is 291. The van der Waals surface area contributed by atoms with Gasteiger partial charge < -0.3 is 9.80 Å². The standard InChI is InChI=1S/C15H28N2O2/c1-4-8-16(9-5-2)14(18)12-15(19)17-10-6-13(3)7-11-17/h13H,4-12H2,1-3H3. The van der Waals surface area contributed by atoms with Crippen LogP contribution in [0.3, 0.4) is 0 Å². The van der Waals surface area contributed by atoms with Crippen LogP contribution in [0, 0.1) is 5.92 Å². The Morgan fingerprint density at radius 2 is 1.63 bits per heavy atom. The molecule has 1 saturated heterocycles. The third-order valence-corrected chi connectivity index (χ3v) is 3.78. The second-order valence-corrected chi connectivity index (χ2v) is 5.62. The minimum Gasteiger partial charge on any atom is -0.342 e. The molecule has 1 heterocycles. The molecular weight excluding hydrogens is 240 g/mol. The lowest BCUT2D eigenvalue weighted by molar-refractivity contribution is -0.141. The number of piperidine rings is 1. The molecule has 1 aliphatic rings. The van der Waals surface area contributed by atoms with Crippen molar-refractivity contribution < 1.29 is 9.59 Å². The monoisotopic (exact) mass is 268 g/mol. The molecule has 0 aliphatic carbocycles. The van der Waals surface area contributed by atoms with E-state index in [0.29, 0.717) is 5.92 Å². The first kappa shape index (κ1) is 16.0. The predicted molar refractivity (Wildman–Crippen MR) is 76.8 cm³/mol. The summed E-state index contributed by atoms with van der Waals surface area (Å²) in [5, 5.41) is 0. The minimum atomic E-state index is -0.00711. The zero-order valence-electron chi connectivity index (χ0n) is 12.7. The molecule has 1 aliphatic heterocycles. The molecule has 0 saturated carbocycles. The average molecular weight is 268 g/mol. The van der Waals surface area contributed by atoms with Gasteiger partial charge in [-0.05, 0) is 31.6 Å². The van der Waals surface area contributed by atoms with Crippen molar-refractivity contribution in [3.8, 4) is 0 Å². The number of hydrogen-bond donors (Lipinski definition) is 0. The number of hydrogen-bond acceptors (Lipinski definition) is 2. The first-order chi connectivity index (χ1) is 9.08. The van der Waals surface area contributed by atoms with Gasteiger partial charge in [0.2, 0.25) is 11.8 Å². The van der Waals surface area contributed by atoms with E-state index in [1.807, 2.05) is 9.80 Å². The highest BCUT2D eigenvalue weighted by Crippen LogP contribution is 2.16. The van der Waals surface area contributed by atoms with Crippen molar-refractivity contribution in [2.75, 3.05) is 26.2 Å². The topological polar surface area (TPSA) is 40.6 Å². The maximum atomic E-state index is 12.1. The summed E-state index contributed by atoms with van der Waals surface area (Å²) in [6.07, 6.45) is 4.07. The van der Waals surface area contributed by atoms with Gasteiger partial charge in [-0.25, -0.2) is 0 Å². The smallest absolute Gasteiger partial charge is 0.232 e. The van der Waals surface area contributed by atoms with E-state index in [1.165, 1.54) is 0 Å². The SMILES string of the molecule is CCCN(CCC)C(=O)CC(=O)N1CCC(C)CC1. The molecule has 2 amide bonds. The second-order valence-electron chi connectivity index (χ2n) is 5.62. The van der Waals surface area contributed by atoms with Gasteiger partial charge in [-0.1, -0.05) is 20.8 Å². The van der Waals surface area contributed by atoms with E-state index in [2.05, 4.69) is 20.8 Å². The van der Waals surface area contributed by atoms with Crippen LogP contribution < -0.4 is 0 Å². The Kier molecular flexibility index (Phi) is 6.89. The molecule has 0 radical (unpaired) electrons. The van der Waals surface area contributed by atoms with E-state index < -0.39 is 0 Å². The van der Waals surface area contributed by atoms with E-state index in [0.717, 1.165) is 51.9 Å². The van der Waals surface area contributed by atoms with Crippen LogP contribution in [0.4, 0.5) is 0 Å². The summed E-state index contributed by atoms with van der Waals surface area (Å²) in [7, 11) is 0. The molecule has 0 atom stereocenters. The quantitative estimate of drug-likeness (QED) is 0.693. The molecule has 0 aromatic heterocycles. The molecule has 0 N–H and O–H groups in total. The average Bonchev–Trinajstić information content (AvgIpc) is 2.39. The molecule has 110 valence electrons. The number of rotatable bonds is 6. The van der Waals surface area contributed by atoms with Gasteiger partial charge in [-0.3, -0.25) is 9.59 Å². The normalized spacial score (nSPS) is 16.5. The molecule has 0 unspecified atom stereocenters. The van der Waals surface area contributed by atoms with E-state index in [9.17, 15) is 9.59 Å².